The first-order chi connectivity index (χ1) is 5.47. The van der Waals surface area contributed by atoms with Crippen LogP contribution in [0.1, 0.15) is 23.8 Å². The predicted molar refractivity (Wildman–Crippen MR) is 46.5 cm³/mol. The Morgan fingerprint density at radius 2 is 2.55 bits per heavy atom. The van der Waals surface area contributed by atoms with Gasteiger partial charge in [-0.15, -0.1) is 0 Å². The molecule has 1 saturated heterocycles. The van der Waals surface area contributed by atoms with Crippen LogP contribution in [-0.2, 0) is 0 Å². The van der Waals surface area contributed by atoms with Gasteiger partial charge in [-0.3, -0.25) is 0 Å². The molecule has 11 heavy (non-hydrogen) atoms. The molecule has 1 aliphatic heterocycles. The van der Waals surface area contributed by atoms with Crippen molar-refractivity contribution in [2.75, 3.05) is 5.75 Å². The van der Waals surface area contributed by atoms with Crippen molar-refractivity contribution in [3.05, 3.63) is 24.0 Å². The van der Waals surface area contributed by atoms with Crippen LogP contribution >= 0.6 is 11.8 Å². The molecule has 0 bridgehead atoms. The molecule has 1 aliphatic rings. The van der Waals surface area contributed by atoms with Crippen LogP contribution in [0.4, 0.5) is 0 Å². The highest BCUT2D eigenvalue weighted by Gasteiger charge is 2.18. The van der Waals surface area contributed by atoms with E-state index in [0.717, 1.165) is 5.69 Å². The quantitative estimate of drug-likeness (QED) is 0.638. The molecule has 0 radical (unpaired) electrons. The molecular formula is C8H10N2S. The summed E-state index contributed by atoms with van der Waals surface area (Å²) in [7, 11) is 0. The molecule has 0 saturated carbocycles. The molecular weight excluding hydrogens is 156 g/mol. The molecule has 0 aromatic carbocycles. The minimum absolute atomic E-state index is 0.615. The maximum absolute atomic E-state index is 4.09. The monoisotopic (exact) mass is 166 g/mol. The first kappa shape index (κ1) is 7.10. The van der Waals surface area contributed by atoms with Crippen molar-refractivity contribution in [2.45, 2.75) is 18.1 Å². The van der Waals surface area contributed by atoms with E-state index in [-0.39, 0.29) is 0 Å². The fraction of sp³-hybridized carbons (Fsp3) is 0.500. The van der Waals surface area contributed by atoms with E-state index in [2.05, 4.69) is 16.3 Å². The van der Waals surface area contributed by atoms with Gasteiger partial charge in [0.25, 0.3) is 0 Å². The van der Waals surface area contributed by atoms with Gasteiger partial charge in [-0.25, -0.2) is 0 Å². The van der Waals surface area contributed by atoms with Crippen LogP contribution in [-0.4, -0.2) is 16.0 Å². The van der Waals surface area contributed by atoms with Crippen LogP contribution in [0.2, 0.25) is 0 Å². The van der Waals surface area contributed by atoms with Gasteiger partial charge in [-0.2, -0.15) is 22.0 Å². The highest BCUT2D eigenvalue weighted by Crippen LogP contribution is 2.38. The van der Waals surface area contributed by atoms with Crippen LogP contribution < -0.4 is 0 Å². The maximum Gasteiger partial charge on any atom is 0.0760 e. The van der Waals surface area contributed by atoms with E-state index in [0.29, 0.717) is 5.25 Å². The first-order valence-electron chi connectivity index (χ1n) is 3.86. The summed E-state index contributed by atoms with van der Waals surface area (Å²) in [5.74, 6) is 1.28. The van der Waals surface area contributed by atoms with Crippen molar-refractivity contribution in [3.63, 3.8) is 0 Å². The van der Waals surface area contributed by atoms with Crippen molar-refractivity contribution in [2.24, 2.45) is 0 Å². The SMILES string of the molecule is c1cnnc(C2CCCS2)c1. The molecule has 58 valence electrons. The van der Waals surface area contributed by atoms with Crippen molar-refractivity contribution in [1.29, 1.82) is 0 Å². The molecule has 2 nitrogen and oxygen atoms in total. The number of rotatable bonds is 1. The number of hydrogen-bond donors (Lipinski definition) is 0. The van der Waals surface area contributed by atoms with E-state index < -0.39 is 0 Å². The van der Waals surface area contributed by atoms with Crippen LogP contribution in [0, 0.1) is 0 Å². The number of hydrogen-bond acceptors (Lipinski definition) is 3. The Labute approximate surface area is 70.4 Å². The Kier molecular flexibility index (Phi) is 2.08. The van der Waals surface area contributed by atoms with E-state index in [9.17, 15) is 0 Å². The number of aromatic nitrogens is 2. The zero-order valence-electron chi connectivity index (χ0n) is 6.23. The van der Waals surface area contributed by atoms with Crippen molar-refractivity contribution < 1.29 is 0 Å². The van der Waals surface area contributed by atoms with Gasteiger partial charge in [0.1, 0.15) is 0 Å². The van der Waals surface area contributed by atoms with E-state index in [1.165, 1.54) is 18.6 Å². The number of thioether (sulfide) groups is 1. The van der Waals surface area contributed by atoms with Crippen LogP contribution in [0.5, 0.6) is 0 Å². The summed E-state index contributed by atoms with van der Waals surface area (Å²) >= 11 is 1.99. The zero-order chi connectivity index (χ0) is 7.52. The van der Waals surface area contributed by atoms with Gasteiger partial charge in [-0.05, 0) is 30.7 Å². The Morgan fingerprint density at radius 1 is 1.55 bits per heavy atom. The van der Waals surface area contributed by atoms with Crippen molar-refractivity contribution in [3.8, 4) is 0 Å². The predicted octanol–water partition coefficient (Wildman–Crippen LogP) is 2.04. The van der Waals surface area contributed by atoms with Crippen molar-refractivity contribution in [1.82, 2.24) is 10.2 Å². The maximum atomic E-state index is 4.09. The van der Waals surface area contributed by atoms with Crippen molar-refractivity contribution >= 4 is 11.8 Å². The average Bonchev–Trinajstić information content (AvgIpc) is 2.58. The summed E-state index contributed by atoms with van der Waals surface area (Å²) in [5.41, 5.74) is 1.15. The second kappa shape index (κ2) is 3.22. The lowest BCUT2D eigenvalue weighted by Crippen LogP contribution is -1.93. The molecule has 0 N–H and O–H groups in total. The molecule has 3 heteroatoms. The molecule has 0 aliphatic carbocycles. The average molecular weight is 166 g/mol. The van der Waals surface area contributed by atoms with E-state index in [4.69, 9.17) is 0 Å². The van der Waals surface area contributed by atoms with Gasteiger partial charge in [-0.1, -0.05) is 0 Å². The lowest BCUT2D eigenvalue weighted by molar-refractivity contribution is 0.784. The highest BCUT2D eigenvalue weighted by atomic mass is 32.2. The van der Waals surface area contributed by atoms with Crippen LogP contribution in [0.15, 0.2) is 18.3 Å². The van der Waals surface area contributed by atoms with Crippen LogP contribution in [0.3, 0.4) is 0 Å². The molecule has 2 heterocycles. The van der Waals surface area contributed by atoms with E-state index >= 15 is 0 Å². The Balaban J connectivity index is 2.16. The van der Waals surface area contributed by atoms with Gasteiger partial charge >= 0.3 is 0 Å². The normalized spacial score (nSPS) is 23.8. The van der Waals surface area contributed by atoms with Gasteiger partial charge in [0, 0.05) is 11.4 Å². The molecule has 1 aromatic rings. The molecule has 2 rings (SSSR count). The molecule has 1 aromatic heterocycles. The minimum atomic E-state index is 0.615. The smallest absolute Gasteiger partial charge is 0.0760 e. The van der Waals surface area contributed by atoms with E-state index in [1.54, 1.807) is 6.20 Å². The van der Waals surface area contributed by atoms with Gasteiger partial charge in [0.15, 0.2) is 0 Å². The Morgan fingerprint density at radius 3 is 3.18 bits per heavy atom. The molecule has 0 amide bonds. The molecule has 0 spiro atoms. The molecule has 1 unspecified atom stereocenters. The van der Waals surface area contributed by atoms with Gasteiger partial charge in [0.2, 0.25) is 0 Å². The Hall–Kier alpha value is -0.570. The second-order valence-corrected chi connectivity index (χ2v) is 3.96. The summed E-state index contributed by atoms with van der Waals surface area (Å²) < 4.78 is 0. The Bertz CT molecular complexity index is 219. The summed E-state index contributed by atoms with van der Waals surface area (Å²) in [5, 5.41) is 8.57. The second-order valence-electron chi connectivity index (χ2n) is 2.65. The number of nitrogens with zero attached hydrogens (tertiary/aromatic N) is 2. The highest BCUT2D eigenvalue weighted by molar-refractivity contribution is 7.99. The summed E-state index contributed by atoms with van der Waals surface area (Å²) in [4.78, 5) is 0. The zero-order valence-corrected chi connectivity index (χ0v) is 7.05. The lowest BCUT2D eigenvalue weighted by atomic mass is 10.2. The third-order valence-electron chi connectivity index (χ3n) is 1.85. The summed E-state index contributed by atoms with van der Waals surface area (Å²) in [6.07, 6.45) is 4.32. The lowest BCUT2D eigenvalue weighted by Gasteiger charge is -2.04. The summed E-state index contributed by atoms with van der Waals surface area (Å²) in [6.45, 7) is 0. The third kappa shape index (κ3) is 1.53. The standard InChI is InChI=1S/C8H10N2S/c1-3-7(10-9-5-1)8-4-2-6-11-8/h1,3,5,8H,2,4,6H2. The fourth-order valence-electron chi connectivity index (χ4n) is 1.30. The third-order valence-corrected chi connectivity index (χ3v) is 3.26. The van der Waals surface area contributed by atoms with E-state index in [1.807, 2.05) is 17.8 Å². The molecule has 1 atom stereocenters. The summed E-state index contributed by atoms with van der Waals surface area (Å²) in [6, 6.07) is 4.03. The minimum Gasteiger partial charge on any atom is -0.159 e. The first-order valence-corrected chi connectivity index (χ1v) is 4.91. The largest absolute Gasteiger partial charge is 0.159 e. The van der Waals surface area contributed by atoms with Gasteiger partial charge in [0.05, 0.1) is 5.69 Å². The topological polar surface area (TPSA) is 25.8 Å². The fourth-order valence-corrected chi connectivity index (χ4v) is 2.54. The van der Waals surface area contributed by atoms with Gasteiger partial charge < -0.3 is 0 Å². The molecule has 1 fully saturated rings. The van der Waals surface area contributed by atoms with Crippen LogP contribution in [0.25, 0.3) is 0 Å².